The van der Waals surface area contributed by atoms with E-state index in [1.807, 2.05) is 63.2 Å². The van der Waals surface area contributed by atoms with Gasteiger partial charge in [-0.05, 0) is 40.5 Å². The molecule has 2 aliphatic rings. The van der Waals surface area contributed by atoms with Crippen molar-refractivity contribution in [3.63, 3.8) is 0 Å². The fourth-order valence-electron chi connectivity index (χ4n) is 5.73. The van der Waals surface area contributed by atoms with Gasteiger partial charge in [0.25, 0.3) is 0 Å². The van der Waals surface area contributed by atoms with Crippen molar-refractivity contribution in [1.29, 1.82) is 0 Å². The monoisotopic (exact) mass is 581 g/mol. The molecule has 1 aliphatic carbocycles. The van der Waals surface area contributed by atoms with Crippen LogP contribution < -0.4 is 10.6 Å². The van der Waals surface area contributed by atoms with Crippen LogP contribution in [0.1, 0.15) is 59.4 Å². The van der Waals surface area contributed by atoms with Gasteiger partial charge in [0.15, 0.2) is 0 Å². The SMILES string of the molecule is CC[C@H]1CC1(NC(=O)[C@@H]1C[C@@H](OCc2cccc3ccccc23)CN1C(=O)[C@@H](NC(=O)OCC(C)C)C(C)C)C(=O)O. The fourth-order valence-corrected chi connectivity index (χ4v) is 5.73. The van der Waals surface area contributed by atoms with Crippen LogP contribution in [0.15, 0.2) is 42.5 Å². The van der Waals surface area contributed by atoms with Crippen LogP contribution in [-0.4, -0.2) is 70.8 Å². The van der Waals surface area contributed by atoms with Gasteiger partial charge in [0, 0.05) is 13.0 Å². The number of nitrogens with zero attached hydrogens (tertiary/aromatic N) is 1. The quantitative estimate of drug-likeness (QED) is 0.344. The predicted molar refractivity (Wildman–Crippen MR) is 157 cm³/mol. The summed E-state index contributed by atoms with van der Waals surface area (Å²) in [6, 6.07) is 12.1. The van der Waals surface area contributed by atoms with Crippen molar-refractivity contribution in [1.82, 2.24) is 15.5 Å². The third-order valence-electron chi connectivity index (χ3n) is 8.28. The molecule has 1 aliphatic heterocycles. The smallest absolute Gasteiger partial charge is 0.407 e. The largest absolute Gasteiger partial charge is 0.479 e. The van der Waals surface area contributed by atoms with E-state index in [0.29, 0.717) is 12.8 Å². The van der Waals surface area contributed by atoms with E-state index in [1.165, 1.54) is 4.90 Å². The van der Waals surface area contributed by atoms with Crippen LogP contribution in [-0.2, 0) is 30.5 Å². The lowest BCUT2D eigenvalue weighted by Gasteiger charge is -2.31. The molecule has 1 saturated carbocycles. The van der Waals surface area contributed by atoms with E-state index >= 15 is 0 Å². The van der Waals surface area contributed by atoms with E-state index in [1.54, 1.807) is 13.8 Å². The van der Waals surface area contributed by atoms with E-state index in [2.05, 4.69) is 10.6 Å². The average molecular weight is 582 g/mol. The van der Waals surface area contributed by atoms with Gasteiger partial charge >= 0.3 is 12.1 Å². The number of nitrogens with one attached hydrogen (secondary N) is 2. The number of carbonyl (C=O) groups is 4. The summed E-state index contributed by atoms with van der Waals surface area (Å²) in [6.07, 6.45) is 0.00963. The topological polar surface area (TPSA) is 134 Å². The summed E-state index contributed by atoms with van der Waals surface area (Å²) in [5.41, 5.74) is -0.333. The summed E-state index contributed by atoms with van der Waals surface area (Å²) in [6.45, 7) is 9.95. The summed E-state index contributed by atoms with van der Waals surface area (Å²) >= 11 is 0. The van der Waals surface area contributed by atoms with Crippen molar-refractivity contribution >= 4 is 34.6 Å². The van der Waals surface area contributed by atoms with Gasteiger partial charge in [-0.25, -0.2) is 9.59 Å². The second-order valence-electron chi connectivity index (χ2n) is 12.2. The molecule has 1 unspecified atom stereocenters. The molecule has 0 aromatic heterocycles. The molecule has 2 fully saturated rings. The van der Waals surface area contributed by atoms with Gasteiger partial charge in [0.2, 0.25) is 11.8 Å². The van der Waals surface area contributed by atoms with E-state index in [9.17, 15) is 24.3 Å². The number of aliphatic carboxylic acids is 1. The number of rotatable bonds is 12. The molecule has 10 heteroatoms. The number of amides is 3. The highest BCUT2D eigenvalue weighted by Gasteiger charge is 2.61. The van der Waals surface area contributed by atoms with E-state index in [4.69, 9.17) is 9.47 Å². The molecule has 228 valence electrons. The minimum absolute atomic E-state index is 0.130. The highest BCUT2D eigenvalue weighted by molar-refractivity contribution is 5.96. The Bertz CT molecular complexity index is 1310. The lowest BCUT2D eigenvalue weighted by molar-refractivity contribution is -0.146. The number of benzene rings is 2. The van der Waals surface area contributed by atoms with Crippen molar-refractivity contribution < 1.29 is 33.8 Å². The first-order valence-corrected chi connectivity index (χ1v) is 14.8. The summed E-state index contributed by atoms with van der Waals surface area (Å²) < 4.78 is 11.5. The predicted octanol–water partition coefficient (Wildman–Crippen LogP) is 4.10. The summed E-state index contributed by atoms with van der Waals surface area (Å²) in [7, 11) is 0. The lowest BCUT2D eigenvalue weighted by atomic mass is 10.0. The van der Waals surface area contributed by atoms with E-state index in [0.717, 1.165) is 16.3 Å². The molecular weight excluding hydrogens is 538 g/mol. The van der Waals surface area contributed by atoms with Crippen LogP contribution in [0.25, 0.3) is 10.8 Å². The normalized spacial score (nSPS) is 24.1. The molecule has 4 rings (SSSR count). The Hall–Kier alpha value is -3.66. The minimum atomic E-state index is -1.32. The number of hydrogen-bond donors (Lipinski definition) is 3. The Balaban J connectivity index is 1.53. The first-order chi connectivity index (χ1) is 20.0. The van der Waals surface area contributed by atoms with Crippen molar-refractivity contribution in [2.75, 3.05) is 13.2 Å². The molecule has 2 aromatic carbocycles. The number of carboxylic acids is 1. The Morgan fingerprint density at radius 3 is 2.43 bits per heavy atom. The van der Waals surface area contributed by atoms with Crippen molar-refractivity contribution in [3.8, 4) is 0 Å². The molecule has 0 spiro atoms. The van der Waals surface area contributed by atoms with Gasteiger partial charge in [-0.15, -0.1) is 0 Å². The maximum atomic E-state index is 13.9. The van der Waals surface area contributed by atoms with Crippen LogP contribution >= 0.6 is 0 Å². The zero-order valence-corrected chi connectivity index (χ0v) is 25.1. The molecule has 42 heavy (non-hydrogen) atoms. The molecule has 1 saturated heterocycles. The van der Waals surface area contributed by atoms with Gasteiger partial charge in [-0.1, -0.05) is 83.5 Å². The van der Waals surface area contributed by atoms with E-state index in [-0.39, 0.29) is 43.9 Å². The van der Waals surface area contributed by atoms with Crippen molar-refractivity contribution in [2.24, 2.45) is 17.8 Å². The number of ether oxygens (including phenoxy) is 2. The Morgan fingerprint density at radius 2 is 1.79 bits per heavy atom. The molecule has 0 bridgehead atoms. The standard InChI is InChI=1S/C32H43N3O7/c1-6-23-15-32(23,30(38)39)34-28(36)26-14-24(41-18-22-12-9-11-21-10-7-8-13-25(21)22)16-35(26)29(37)27(20(4)5)33-31(40)42-17-19(2)3/h7-13,19-20,23-24,26-27H,6,14-18H2,1-5H3,(H,33,40)(H,34,36)(H,38,39)/t23-,24+,26-,27-,32?/m0/s1. The first kappa shape index (κ1) is 31.3. The highest BCUT2D eigenvalue weighted by atomic mass is 16.5. The maximum Gasteiger partial charge on any atom is 0.407 e. The molecule has 3 amide bonds. The van der Waals surface area contributed by atoms with Crippen molar-refractivity contribution in [3.05, 3.63) is 48.0 Å². The number of likely N-dealkylation sites (tertiary alicyclic amines) is 1. The Labute approximate surface area is 247 Å². The average Bonchev–Trinajstić information content (AvgIpc) is 3.51. The highest BCUT2D eigenvalue weighted by Crippen LogP contribution is 2.46. The van der Waals surface area contributed by atoms with Crippen LogP contribution in [0.2, 0.25) is 0 Å². The summed E-state index contributed by atoms with van der Waals surface area (Å²) in [4.78, 5) is 53.6. The second-order valence-corrected chi connectivity index (χ2v) is 12.2. The molecule has 3 N–H and O–H groups in total. The molecule has 5 atom stereocenters. The number of hydrogen-bond acceptors (Lipinski definition) is 6. The number of carbonyl (C=O) groups excluding carboxylic acids is 3. The summed E-state index contributed by atoms with van der Waals surface area (Å²) in [5, 5.41) is 17.5. The lowest BCUT2D eigenvalue weighted by Crippen LogP contribution is -2.57. The van der Waals surface area contributed by atoms with Crippen LogP contribution in [0.4, 0.5) is 4.79 Å². The molecule has 10 nitrogen and oxygen atoms in total. The number of carboxylic acid groups (broad SMARTS) is 1. The van der Waals surface area contributed by atoms with Gasteiger partial charge < -0.3 is 30.1 Å². The maximum absolute atomic E-state index is 13.9. The zero-order chi connectivity index (χ0) is 30.6. The summed E-state index contributed by atoms with van der Waals surface area (Å²) in [5.74, 6) is -2.36. The zero-order valence-electron chi connectivity index (χ0n) is 25.1. The first-order valence-electron chi connectivity index (χ1n) is 14.8. The minimum Gasteiger partial charge on any atom is -0.479 e. The van der Waals surface area contributed by atoms with Crippen molar-refractivity contribution in [2.45, 2.75) is 84.2 Å². The number of fused-ring (bicyclic) bond motifs is 1. The molecule has 1 heterocycles. The molecule has 0 radical (unpaired) electrons. The van der Waals surface area contributed by atoms with Crippen LogP contribution in [0.3, 0.4) is 0 Å². The van der Waals surface area contributed by atoms with Gasteiger partial charge in [0.1, 0.15) is 17.6 Å². The van der Waals surface area contributed by atoms with E-state index < -0.39 is 47.6 Å². The third-order valence-corrected chi connectivity index (χ3v) is 8.28. The molecule has 2 aromatic rings. The van der Waals surface area contributed by atoms with Gasteiger partial charge in [-0.3, -0.25) is 9.59 Å². The Morgan fingerprint density at radius 1 is 1.07 bits per heavy atom. The second kappa shape index (κ2) is 13.1. The van der Waals surface area contributed by atoms with Gasteiger partial charge in [-0.2, -0.15) is 0 Å². The van der Waals surface area contributed by atoms with Crippen LogP contribution in [0.5, 0.6) is 0 Å². The molecular formula is C32H43N3O7. The fraction of sp³-hybridized carbons (Fsp3) is 0.562. The third kappa shape index (κ3) is 6.86. The Kier molecular flexibility index (Phi) is 9.76. The number of alkyl carbamates (subject to hydrolysis) is 1. The van der Waals surface area contributed by atoms with Crippen LogP contribution in [0, 0.1) is 17.8 Å². The van der Waals surface area contributed by atoms with Gasteiger partial charge in [0.05, 0.1) is 19.3 Å².